The zero-order valence-electron chi connectivity index (χ0n) is 25.7. The maximum Gasteiger partial charge on any atom is 0.0305 e. The molecule has 0 heterocycles. The van der Waals surface area contributed by atoms with Gasteiger partial charge in [0.1, 0.15) is 0 Å². The largest absolute Gasteiger partial charge is 0.0622 e. The second-order valence-corrected chi connectivity index (χ2v) is 12.5. The van der Waals surface area contributed by atoms with E-state index < -0.39 is 0 Å². The van der Waals surface area contributed by atoms with Crippen LogP contribution in [0.2, 0.25) is 0 Å². The van der Waals surface area contributed by atoms with Gasteiger partial charge in [-0.1, -0.05) is 169 Å². The van der Waals surface area contributed by atoms with Crippen LogP contribution >= 0.6 is 0 Å². The lowest BCUT2D eigenvalue weighted by Gasteiger charge is -2.19. The van der Waals surface area contributed by atoms with E-state index >= 15 is 0 Å². The van der Waals surface area contributed by atoms with Crippen LogP contribution in [-0.4, -0.2) is 0 Å². The monoisotopic (exact) mass is 584 g/mol. The van der Waals surface area contributed by atoms with Gasteiger partial charge in [0.2, 0.25) is 0 Å². The second kappa shape index (κ2) is 10.7. The third-order valence-electron chi connectivity index (χ3n) is 9.86. The van der Waals surface area contributed by atoms with Crippen LogP contribution in [0.5, 0.6) is 0 Å². The first-order valence-corrected chi connectivity index (χ1v) is 16.1. The van der Waals surface area contributed by atoms with Crippen molar-refractivity contribution >= 4 is 38.4 Å². The lowest BCUT2D eigenvalue weighted by molar-refractivity contribution is 0.977. The van der Waals surface area contributed by atoms with E-state index in [9.17, 15) is 0 Å². The molecule has 1 aliphatic rings. The van der Waals surface area contributed by atoms with Crippen molar-refractivity contribution in [2.24, 2.45) is 0 Å². The van der Waals surface area contributed by atoms with Crippen LogP contribution in [0.3, 0.4) is 0 Å². The van der Waals surface area contributed by atoms with E-state index in [0.717, 1.165) is 0 Å². The number of hydrogen-bond donors (Lipinski definition) is 0. The van der Waals surface area contributed by atoms with Crippen molar-refractivity contribution in [1.82, 2.24) is 0 Å². The molecule has 0 aromatic heterocycles. The zero-order chi connectivity index (χ0) is 30.6. The fourth-order valence-corrected chi connectivity index (χ4v) is 7.82. The number of allylic oxidation sites excluding steroid dienone is 1. The third kappa shape index (κ3) is 4.22. The highest BCUT2D eigenvalue weighted by Crippen LogP contribution is 2.47. The Balaban J connectivity index is 1.21. The highest BCUT2D eigenvalue weighted by atomic mass is 14.3. The standard InChI is InChI=1S/C46H32/c1-30-28-36-29-35(26-27-39(36)44(30)33-13-3-2-4-14-33)46-42-19-9-7-17-40(42)45(41-18-8-10-20-43(41)46)34-24-22-32(23-25-34)38-21-11-15-31-12-5-6-16-37(31)38/h2-29,44H,1H3. The molecule has 8 aromatic carbocycles. The van der Waals surface area contributed by atoms with Crippen LogP contribution in [0.4, 0.5) is 0 Å². The van der Waals surface area contributed by atoms with Gasteiger partial charge in [-0.25, -0.2) is 0 Å². The maximum atomic E-state index is 2.41. The van der Waals surface area contributed by atoms with E-state index in [0.29, 0.717) is 5.92 Å². The fraction of sp³-hybridized carbons (Fsp3) is 0.0435. The Morgan fingerprint density at radius 2 is 0.935 bits per heavy atom. The SMILES string of the molecule is CC1=Cc2cc(-c3c4ccccc4c(-c4ccc(-c5cccc6ccccc56)cc4)c4ccccc34)ccc2C1c1ccccc1. The minimum Gasteiger partial charge on any atom is -0.0622 e. The van der Waals surface area contributed by atoms with Gasteiger partial charge >= 0.3 is 0 Å². The summed E-state index contributed by atoms with van der Waals surface area (Å²) in [6.45, 7) is 2.27. The second-order valence-electron chi connectivity index (χ2n) is 12.5. The van der Waals surface area contributed by atoms with Gasteiger partial charge < -0.3 is 0 Å². The van der Waals surface area contributed by atoms with Crippen LogP contribution in [-0.2, 0) is 0 Å². The summed E-state index contributed by atoms with van der Waals surface area (Å²) in [5, 5.41) is 7.68. The molecule has 1 aliphatic carbocycles. The van der Waals surface area contributed by atoms with Crippen molar-refractivity contribution in [1.29, 1.82) is 0 Å². The van der Waals surface area contributed by atoms with Gasteiger partial charge in [-0.05, 0) is 95.4 Å². The Labute approximate surface area is 269 Å². The molecule has 0 bridgehead atoms. The molecule has 9 rings (SSSR count). The van der Waals surface area contributed by atoms with E-state index in [-0.39, 0.29) is 0 Å². The van der Waals surface area contributed by atoms with Crippen LogP contribution in [0.15, 0.2) is 169 Å². The molecule has 1 unspecified atom stereocenters. The highest BCUT2D eigenvalue weighted by molar-refractivity contribution is 6.21. The average Bonchev–Trinajstić information content (AvgIpc) is 3.45. The molecule has 0 spiro atoms. The van der Waals surface area contributed by atoms with Crippen LogP contribution in [0.25, 0.3) is 71.8 Å². The molecule has 216 valence electrons. The van der Waals surface area contributed by atoms with E-state index in [1.807, 2.05) is 0 Å². The van der Waals surface area contributed by atoms with E-state index in [2.05, 4.69) is 177 Å². The fourth-order valence-electron chi connectivity index (χ4n) is 7.82. The summed E-state index contributed by atoms with van der Waals surface area (Å²) in [7, 11) is 0. The van der Waals surface area contributed by atoms with E-state index in [4.69, 9.17) is 0 Å². The molecule has 0 radical (unpaired) electrons. The van der Waals surface area contributed by atoms with Crippen LogP contribution in [0, 0.1) is 0 Å². The quantitative estimate of drug-likeness (QED) is 0.181. The smallest absolute Gasteiger partial charge is 0.0305 e. The summed E-state index contributed by atoms with van der Waals surface area (Å²) in [5.74, 6) is 0.318. The van der Waals surface area contributed by atoms with Crippen molar-refractivity contribution in [3.05, 3.63) is 186 Å². The van der Waals surface area contributed by atoms with Crippen molar-refractivity contribution in [3.63, 3.8) is 0 Å². The molecule has 0 fully saturated rings. The molecule has 0 nitrogen and oxygen atoms in total. The molecule has 0 heteroatoms. The molecule has 0 N–H and O–H groups in total. The Morgan fingerprint density at radius 3 is 1.61 bits per heavy atom. The van der Waals surface area contributed by atoms with Gasteiger partial charge in [0.05, 0.1) is 0 Å². The Hall–Kier alpha value is -5.72. The van der Waals surface area contributed by atoms with Gasteiger partial charge in [-0.3, -0.25) is 0 Å². The minimum atomic E-state index is 0.318. The molecule has 8 aromatic rings. The van der Waals surface area contributed by atoms with Crippen molar-refractivity contribution in [2.75, 3.05) is 0 Å². The summed E-state index contributed by atoms with van der Waals surface area (Å²) in [5.41, 5.74) is 13.1. The number of benzene rings is 8. The summed E-state index contributed by atoms with van der Waals surface area (Å²) in [6, 6.07) is 60.3. The molecule has 0 saturated heterocycles. The number of rotatable bonds is 4. The summed E-state index contributed by atoms with van der Waals surface area (Å²) < 4.78 is 0. The van der Waals surface area contributed by atoms with Gasteiger partial charge in [-0.15, -0.1) is 0 Å². The predicted octanol–water partition coefficient (Wildman–Crippen LogP) is 12.7. The highest BCUT2D eigenvalue weighted by Gasteiger charge is 2.25. The lowest BCUT2D eigenvalue weighted by atomic mass is 9.84. The lowest BCUT2D eigenvalue weighted by Crippen LogP contribution is -1.99. The zero-order valence-corrected chi connectivity index (χ0v) is 25.7. The molecule has 1 atom stereocenters. The topological polar surface area (TPSA) is 0 Å². The van der Waals surface area contributed by atoms with Gasteiger partial charge in [0.15, 0.2) is 0 Å². The molecule has 0 saturated carbocycles. The van der Waals surface area contributed by atoms with Gasteiger partial charge in [0.25, 0.3) is 0 Å². The summed E-state index contributed by atoms with van der Waals surface area (Å²) in [6.07, 6.45) is 2.38. The Morgan fingerprint density at radius 1 is 0.413 bits per heavy atom. The Kier molecular flexibility index (Phi) is 6.21. The Bertz CT molecular complexity index is 2400. The average molecular weight is 585 g/mol. The van der Waals surface area contributed by atoms with Gasteiger partial charge in [0, 0.05) is 5.92 Å². The first kappa shape index (κ1) is 26.7. The first-order chi connectivity index (χ1) is 22.7. The summed E-state index contributed by atoms with van der Waals surface area (Å²) >= 11 is 0. The van der Waals surface area contributed by atoms with Crippen LogP contribution in [0.1, 0.15) is 29.5 Å². The molecule has 0 aliphatic heterocycles. The number of hydrogen-bond acceptors (Lipinski definition) is 0. The third-order valence-corrected chi connectivity index (χ3v) is 9.86. The number of fused-ring (bicyclic) bond motifs is 4. The molecular formula is C46H32. The van der Waals surface area contributed by atoms with Crippen molar-refractivity contribution in [3.8, 4) is 33.4 Å². The summed E-state index contributed by atoms with van der Waals surface area (Å²) in [4.78, 5) is 0. The normalized spacial score (nSPS) is 14.1. The molecular weight excluding hydrogens is 553 g/mol. The molecule has 46 heavy (non-hydrogen) atoms. The van der Waals surface area contributed by atoms with E-state index in [1.54, 1.807) is 0 Å². The minimum absolute atomic E-state index is 0.318. The predicted molar refractivity (Wildman–Crippen MR) is 197 cm³/mol. The molecule has 0 amide bonds. The van der Waals surface area contributed by atoms with Crippen molar-refractivity contribution < 1.29 is 0 Å². The van der Waals surface area contributed by atoms with Gasteiger partial charge in [-0.2, -0.15) is 0 Å². The maximum absolute atomic E-state index is 2.41. The van der Waals surface area contributed by atoms with E-state index in [1.165, 1.54) is 88.0 Å². The van der Waals surface area contributed by atoms with Crippen LogP contribution < -0.4 is 0 Å². The van der Waals surface area contributed by atoms with Crippen molar-refractivity contribution in [2.45, 2.75) is 12.8 Å². The first-order valence-electron chi connectivity index (χ1n) is 16.1.